The standard InChI is InChI=1S/C7H7Br2N.BrH/c1-5(8)6-2-7(9)4-10-3-6;/h2-5H,1H3;1H. The second-order valence-electron chi connectivity index (χ2n) is 2.05. The number of aromatic nitrogens is 1. The number of rotatable bonds is 1. The highest BCUT2D eigenvalue weighted by Crippen LogP contribution is 2.22. The zero-order valence-corrected chi connectivity index (χ0v) is 10.8. The number of alkyl halides is 1. The fourth-order valence-electron chi connectivity index (χ4n) is 0.646. The lowest BCUT2D eigenvalue weighted by Gasteiger charge is -2.01. The smallest absolute Gasteiger partial charge is 0.0410 e. The fourth-order valence-corrected chi connectivity index (χ4v) is 1.28. The molecule has 0 N–H and O–H groups in total. The zero-order chi connectivity index (χ0) is 7.56. The Kier molecular flexibility index (Phi) is 5.56. The summed E-state index contributed by atoms with van der Waals surface area (Å²) in [5.74, 6) is 0. The van der Waals surface area contributed by atoms with Gasteiger partial charge in [-0.2, -0.15) is 0 Å². The summed E-state index contributed by atoms with van der Waals surface area (Å²) in [6.45, 7) is 2.07. The lowest BCUT2D eigenvalue weighted by molar-refractivity contribution is 1.08. The van der Waals surface area contributed by atoms with Crippen LogP contribution in [-0.4, -0.2) is 4.98 Å². The van der Waals surface area contributed by atoms with Crippen LogP contribution in [0.5, 0.6) is 0 Å². The molecule has 1 heterocycles. The Morgan fingerprint density at radius 2 is 2.09 bits per heavy atom. The zero-order valence-electron chi connectivity index (χ0n) is 5.92. The van der Waals surface area contributed by atoms with Crippen molar-refractivity contribution in [3.63, 3.8) is 0 Å². The van der Waals surface area contributed by atoms with Gasteiger partial charge in [0.05, 0.1) is 0 Å². The third kappa shape index (κ3) is 3.67. The van der Waals surface area contributed by atoms with E-state index in [4.69, 9.17) is 0 Å². The van der Waals surface area contributed by atoms with E-state index in [2.05, 4.69) is 43.8 Å². The number of halogens is 3. The lowest BCUT2D eigenvalue weighted by Crippen LogP contribution is -1.84. The minimum absolute atomic E-state index is 0. The molecule has 0 aliphatic rings. The van der Waals surface area contributed by atoms with Gasteiger partial charge in [-0.05, 0) is 34.5 Å². The molecule has 0 bridgehead atoms. The molecule has 0 amide bonds. The van der Waals surface area contributed by atoms with E-state index in [1.54, 1.807) is 6.20 Å². The highest BCUT2D eigenvalue weighted by atomic mass is 79.9. The maximum Gasteiger partial charge on any atom is 0.0410 e. The van der Waals surface area contributed by atoms with Crippen LogP contribution in [0.3, 0.4) is 0 Å². The van der Waals surface area contributed by atoms with Crippen LogP contribution in [0.4, 0.5) is 0 Å². The quantitative estimate of drug-likeness (QED) is 0.704. The maximum atomic E-state index is 4.03. The molecule has 1 rings (SSSR count). The van der Waals surface area contributed by atoms with Gasteiger partial charge in [-0.15, -0.1) is 17.0 Å². The average Bonchev–Trinajstić information content (AvgIpc) is 1.88. The van der Waals surface area contributed by atoms with Crippen LogP contribution in [0.15, 0.2) is 22.9 Å². The van der Waals surface area contributed by atoms with Crippen LogP contribution in [0.2, 0.25) is 0 Å². The Morgan fingerprint density at radius 1 is 1.45 bits per heavy atom. The van der Waals surface area contributed by atoms with Crippen LogP contribution in [0.1, 0.15) is 17.3 Å². The number of nitrogens with zero attached hydrogens (tertiary/aromatic N) is 1. The van der Waals surface area contributed by atoms with Gasteiger partial charge in [0.2, 0.25) is 0 Å². The largest absolute Gasteiger partial charge is 0.263 e. The van der Waals surface area contributed by atoms with Crippen LogP contribution >= 0.6 is 48.8 Å². The van der Waals surface area contributed by atoms with Crippen molar-refractivity contribution in [2.45, 2.75) is 11.8 Å². The van der Waals surface area contributed by atoms with E-state index < -0.39 is 0 Å². The normalized spacial score (nSPS) is 11.9. The van der Waals surface area contributed by atoms with Crippen molar-refractivity contribution < 1.29 is 0 Å². The first kappa shape index (κ1) is 11.6. The molecule has 1 unspecified atom stereocenters. The molecule has 0 fully saturated rings. The summed E-state index contributed by atoms with van der Waals surface area (Å²) < 4.78 is 1.02. The summed E-state index contributed by atoms with van der Waals surface area (Å²) in [5, 5.41) is 0. The Hall–Kier alpha value is 0.590. The van der Waals surface area contributed by atoms with Gasteiger partial charge in [-0.1, -0.05) is 15.9 Å². The van der Waals surface area contributed by atoms with Crippen molar-refractivity contribution in [3.05, 3.63) is 28.5 Å². The van der Waals surface area contributed by atoms with Gasteiger partial charge >= 0.3 is 0 Å². The molecule has 0 spiro atoms. The molecule has 1 aromatic rings. The second kappa shape index (κ2) is 5.27. The molecule has 0 saturated heterocycles. The summed E-state index contributed by atoms with van der Waals surface area (Å²) in [6.07, 6.45) is 3.63. The van der Waals surface area contributed by atoms with Gasteiger partial charge in [0, 0.05) is 21.7 Å². The second-order valence-corrected chi connectivity index (χ2v) is 4.34. The summed E-state index contributed by atoms with van der Waals surface area (Å²) in [4.78, 5) is 4.40. The van der Waals surface area contributed by atoms with Crippen LogP contribution in [-0.2, 0) is 0 Å². The summed E-state index contributed by atoms with van der Waals surface area (Å²) in [6, 6.07) is 2.05. The van der Waals surface area contributed by atoms with Gasteiger partial charge in [-0.25, -0.2) is 0 Å². The van der Waals surface area contributed by atoms with E-state index in [1.807, 2.05) is 12.3 Å². The molecule has 0 aliphatic carbocycles. The molecule has 0 aliphatic heterocycles. The highest BCUT2D eigenvalue weighted by molar-refractivity contribution is 9.10. The van der Waals surface area contributed by atoms with Gasteiger partial charge in [0.15, 0.2) is 0 Å². The number of hydrogen-bond acceptors (Lipinski definition) is 1. The molecule has 11 heavy (non-hydrogen) atoms. The van der Waals surface area contributed by atoms with Gasteiger partial charge in [-0.3, -0.25) is 4.98 Å². The predicted octanol–water partition coefficient (Wildman–Crippen LogP) is 3.88. The highest BCUT2D eigenvalue weighted by Gasteiger charge is 1.99. The Balaban J connectivity index is 0.000001000. The molecular weight excluding hydrogens is 338 g/mol. The van der Waals surface area contributed by atoms with Crippen molar-refractivity contribution in [1.82, 2.24) is 4.98 Å². The first-order chi connectivity index (χ1) is 4.70. The van der Waals surface area contributed by atoms with E-state index in [9.17, 15) is 0 Å². The Labute approximate surface area is 93.6 Å². The lowest BCUT2D eigenvalue weighted by atomic mass is 10.2. The average molecular weight is 346 g/mol. The topological polar surface area (TPSA) is 12.9 Å². The summed E-state index contributed by atoms with van der Waals surface area (Å²) in [7, 11) is 0. The minimum atomic E-state index is 0. The van der Waals surface area contributed by atoms with E-state index in [-0.39, 0.29) is 17.0 Å². The van der Waals surface area contributed by atoms with Crippen molar-refractivity contribution >= 4 is 48.8 Å². The fraction of sp³-hybridized carbons (Fsp3) is 0.286. The predicted molar refractivity (Wildman–Crippen MR) is 59.6 cm³/mol. The van der Waals surface area contributed by atoms with Crippen molar-refractivity contribution in [3.8, 4) is 0 Å². The van der Waals surface area contributed by atoms with Crippen LogP contribution in [0.25, 0.3) is 0 Å². The molecule has 62 valence electrons. The molecule has 4 heteroatoms. The molecule has 0 saturated carbocycles. The van der Waals surface area contributed by atoms with E-state index in [0.29, 0.717) is 4.83 Å². The SMILES string of the molecule is Br.CC(Br)c1cncc(Br)c1. The summed E-state index contributed by atoms with van der Waals surface area (Å²) in [5.41, 5.74) is 1.19. The third-order valence-corrected chi connectivity index (χ3v) is 2.15. The molecule has 1 aromatic heterocycles. The van der Waals surface area contributed by atoms with Gasteiger partial charge in [0.1, 0.15) is 0 Å². The van der Waals surface area contributed by atoms with E-state index in [0.717, 1.165) is 4.47 Å². The third-order valence-electron chi connectivity index (χ3n) is 1.19. The van der Waals surface area contributed by atoms with Crippen LogP contribution in [0, 0.1) is 0 Å². The molecule has 1 atom stereocenters. The van der Waals surface area contributed by atoms with E-state index >= 15 is 0 Å². The number of pyridine rings is 1. The number of hydrogen-bond donors (Lipinski definition) is 0. The molecule has 0 aromatic carbocycles. The van der Waals surface area contributed by atoms with Crippen LogP contribution < -0.4 is 0 Å². The molecule has 1 nitrogen and oxygen atoms in total. The van der Waals surface area contributed by atoms with Gasteiger partial charge in [0.25, 0.3) is 0 Å². The first-order valence-electron chi connectivity index (χ1n) is 2.94. The van der Waals surface area contributed by atoms with Crippen molar-refractivity contribution in [2.24, 2.45) is 0 Å². The maximum absolute atomic E-state index is 4.03. The van der Waals surface area contributed by atoms with Crippen molar-refractivity contribution in [2.75, 3.05) is 0 Å². The van der Waals surface area contributed by atoms with E-state index in [1.165, 1.54) is 5.56 Å². The minimum Gasteiger partial charge on any atom is -0.263 e. The molecular formula is C7H8Br3N. The van der Waals surface area contributed by atoms with Crippen molar-refractivity contribution in [1.29, 1.82) is 0 Å². The summed E-state index contributed by atoms with van der Waals surface area (Å²) >= 11 is 6.80. The Bertz CT molecular complexity index is 225. The monoisotopic (exact) mass is 343 g/mol. The first-order valence-corrected chi connectivity index (χ1v) is 4.65. The molecule has 0 radical (unpaired) electrons. The Morgan fingerprint density at radius 3 is 2.45 bits per heavy atom. The van der Waals surface area contributed by atoms with Gasteiger partial charge < -0.3 is 0 Å².